The average Bonchev–Trinajstić information content (AvgIpc) is 2.89. The topological polar surface area (TPSA) is 77.9 Å². The van der Waals surface area contributed by atoms with E-state index in [9.17, 15) is 9.90 Å². The van der Waals surface area contributed by atoms with Crippen LogP contribution >= 0.6 is 0 Å². The molecule has 7 heteroatoms. The zero-order valence-corrected chi connectivity index (χ0v) is 20.0. The molecule has 3 unspecified atom stereocenters. The molecule has 3 heterocycles. The number of hydrogen-bond acceptors (Lipinski definition) is 5. The van der Waals surface area contributed by atoms with Gasteiger partial charge in [-0.25, -0.2) is 4.79 Å². The molecule has 0 radical (unpaired) electrons. The van der Waals surface area contributed by atoms with E-state index in [4.69, 9.17) is 4.74 Å². The SMILES string of the molecule is COc1ccc(NC(=O)N2CCCCN3C(CO)C(c4ccc(-c5cccnc5)cc4)C3C2)cc1. The van der Waals surface area contributed by atoms with Crippen molar-refractivity contribution in [3.8, 4) is 16.9 Å². The van der Waals surface area contributed by atoms with E-state index in [-0.39, 0.29) is 30.6 Å². The maximum atomic E-state index is 13.2. The average molecular weight is 473 g/mol. The third-order valence-electron chi connectivity index (χ3n) is 7.29. The number of aromatic nitrogens is 1. The summed E-state index contributed by atoms with van der Waals surface area (Å²) in [7, 11) is 1.63. The highest BCUT2D eigenvalue weighted by Crippen LogP contribution is 2.42. The van der Waals surface area contributed by atoms with Crippen molar-refractivity contribution in [3.05, 3.63) is 78.6 Å². The molecule has 7 nitrogen and oxygen atoms in total. The largest absolute Gasteiger partial charge is 0.497 e. The molecule has 2 aliphatic rings. The summed E-state index contributed by atoms with van der Waals surface area (Å²) in [6, 6.07) is 20.1. The van der Waals surface area contributed by atoms with Crippen LogP contribution in [0.1, 0.15) is 24.3 Å². The van der Waals surface area contributed by atoms with Crippen molar-refractivity contribution in [2.45, 2.75) is 30.8 Å². The number of carbonyl (C=O) groups excluding carboxylic acids is 1. The quantitative estimate of drug-likeness (QED) is 0.582. The van der Waals surface area contributed by atoms with Crippen LogP contribution in [-0.4, -0.2) is 71.4 Å². The molecule has 2 aliphatic heterocycles. The van der Waals surface area contributed by atoms with Crippen LogP contribution in [0.15, 0.2) is 73.1 Å². The van der Waals surface area contributed by atoms with Crippen LogP contribution in [0, 0.1) is 0 Å². The lowest BCUT2D eigenvalue weighted by atomic mass is 9.74. The van der Waals surface area contributed by atoms with Gasteiger partial charge in [0.25, 0.3) is 0 Å². The normalized spacial score (nSPS) is 22.3. The van der Waals surface area contributed by atoms with Crippen LogP contribution in [0.4, 0.5) is 10.5 Å². The summed E-state index contributed by atoms with van der Waals surface area (Å²) in [5.74, 6) is 0.934. The molecule has 0 aliphatic carbocycles. The maximum absolute atomic E-state index is 13.2. The molecule has 35 heavy (non-hydrogen) atoms. The Kier molecular flexibility index (Phi) is 6.97. The Bertz CT molecular complexity index is 1120. The number of benzene rings is 2. The van der Waals surface area contributed by atoms with Crippen molar-refractivity contribution in [2.24, 2.45) is 0 Å². The number of carbonyl (C=O) groups is 1. The van der Waals surface area contributed by atoms with E-state index in [1.54, 1.807) is 13.3 Å². The lowest BCUT2D eigenvalue weighted by Crippen LogP contribution is -2.68. The van der Waals surface area contributed by atoms with Crippen molar-refractivity contribution in [1.82, 2.24) is 14.8 Å². The van der Waals surface area contributed by atoms with Crippen molar-refractivity contribution in [3.63, 3.8) is 0 Å². The molecule has 3 aromatic rings. The second-order valence-electron chi connectivity index (χ2n) is 9.26. The number of methoxy groups -OCH3 is 1. The van der Waals surface area contributed by atoms with Gasteiger partial charge in [0.1, 0.15) is 5.75 Å². The molecule has 2 saturated heterocycles. The summed E-state index contributed by atoms with van der Waals surface area (Å²) in [4.78, 5) is 21.7. The summed E-state index contributed by atoms with van der Waals surface area (Å²) in [6.07, 6.45) is 5.59. The summed E-state index contributed by atoms with van der Waals surface area (Å²) in [5, 5.41) is 13.2. The number of hydrogen-bond donors (Lipinski definition) is 2. The standard InChI is InChI=1S/C28H32N4O3/c1-35-24-12-10-23(11-13-24)30-28(34)31-15-2-3-16-32-25(18-31)27(26(32)19-33)21-8-6-20(7-9-21)22-5-4-14-29-17-22/h4-14,17,25-27,33H,2-3,15-16,18-19H2,1H3,(H,30,34). The number of amides is 2. The first-order valence-electron chi connectivity index (χ1n) is 12.2. The highest BCUT2D eigenvalue weighted by molar-refractivity contribution is 5.89. The van der Waals surface area contributed by atoms with Gasteiger partial charge >= 0.3 is 6.03 Å². The van der Waals surface area contributed by atoms with Crippen molar-refractivity contribution < 1.29 is 14.6 Å². The van der Waals surface area contributed by atoms with Gasteiger partial charge in [-0.1, -0.05) is 30.3 Å². The molecule has 0 saturated carbocycles. The van der Waals surface area contributed by atoms with Gasteiger partial charge in [-0.3, -0.25) is 9.88 Å². The molecule has 182 valence electrons. The molecule has 2 fully saturated rings. The number of urea groups is 1. The van der Waals surface area contributed by atoms with Crippen LogP contribution in [0.5, 0.6) is 5.75 Å². The minimum atomic E-state index is -0.0878. The van der Waals surface area contributed by atoms with Crippen molar-refractivity contribution in [2.75, 3.05) is 38.7 Å². The Morgan fingerprint density at radius 1 is 1.06 bits per heavy atom. The third kappa shape index (κ3) is 4.88. The fourth-order valence-corrected chi connectivity index (χ4v) is 5.43. The highest BCUT2D eigenvalue weighted by atomic mass is 16.5. The predicted molar refractivity (Wildman–Crippen MR) is 137 cm³/mol. The summed E-state index contributed by atoms with van der Waals surface area (Å²) < 4.78 is 5.21. The van der Waals surface area contributed by atoms with E-state index in [0.717, 1.165) is 48.5 Å². The number of rotatable bonds is 5. The summed E-state index contributed by atoms with van der Waals surface area (Å²) in [6.45, 7) is 2.42. The lowest BCUT2D eigenvalue weighted by molar-refractivity contribution is -0.0585. The molecule has 0 spiro atoms. The number of anilines is 1. The molecule has 1 aromatic heterocycles. The van der Waals surface area contributed by atoms with Crippen LogP contribution in [-0.2, 0) is 0 Å². The van der Waals surface area contributed by atoms with Gasteiger partial charge in [0.15, 0.2) is 0 Å². The van der Waals surface area contributed by atoms with E-state index in [2.05, 4.69) is 45.5 Å². The minimum absolute atomic E-state index is 0.0776. The minimum Gasteiger partial charge on any atom is -0.497 e. The second kappa shape index (κ2) is 10.5. The Morgan fingerprint density at radius 3 is 2.51 bits per heavy atom. The number of nitrogens with one attached hydrogen (secondary N) is 1. The van der Waals surface area contributed by atoms with Gasteiger partial charge in [0.05, 0.1) is 13.7 Å². The first kappa shape index (κ1) is 23.3. The maximum Gasteiger partial charge on any atom is 0.321 e. The zero-order valence-electron chi connectivity index (χ0n) is 20.0. The molecule has 2 N–H and O–H groups in total. The van der Waals surface area contributed by atoms with E-state index in [1.807, 2.05) is 41.4 Å². The summed E-state index contributed by atoms with van der Waals surface area (Å²) in [5.41, 5.74) is 4.16. The van der Waals surface area contributed by atoms with Gasteiger partial charge in [-0.2, -0.15) is 0 Å². The number of nitrogens with zero attached hydrogens (tertiary/aromatic N) is 3. The van der Waals surface area contributed by atoms with Gasteiger partial charge < -0.3 is 20.1 Å². The van der Waals surface area contributed by atoms with E-state index in [1.165, 1.54) is 5.56 Å². The molecule has 0 bridgehead atoms. The Balaban J connectivity index is 1.32. The third-order valence-corrected chi connectivity index (χ3v) is 7.29. The van der Waals surface area contributed by atoms with E-state index in [0.29, 0.717) is 6.54 Å². The van der Waals surface area contributed by atoms with Crippen LogP contribution < -0.4 is 10.1 Å². The first-order valence-corrected chi connectivity index (χ1v) is 12.2. The molecular weight excluding hydrogens is 440 g/mol. The highest BCUT2D eigenvalue weighted by Gasteiger charge is 2.49. The lowest BCUT2D eigenvalue weighted by Gasteiger charge is -2.57. The summed E-state index contributed by atoms with van der Waals surface area (Å²) >= 11 is 0. The Labute approximate surface area is 206 Å². The van der Waals surface area contributed by atoms with Crippen LogP contribution in [0.25, 0.3) is 11.1 Å². The smallest absolute Gasteiger partial charge is 0.321 e. The number of ether oxygens (including phenoxy) is 1. The molecule has 5 rings (SSSR count). The predicted octanol–water partition coefficient (Wildman–Crippen LogP) is 4.21. The van der Waals surface area contributed by atoms with Crippen molar-refractivity contribution in [1.29, 1.82) is 0 Å². The Hall–Kier alpha value is -3.42. The van der Waals surface area contributed by atoms with Crippen LogP contribution in [0.3, 0.4) is 0 Å². The van der Waals surface area contributed by atoms with Gasteiger partial charge in [0.2, 0.25) is 0 Å². The van der Waals surface area contributed by atoms with Crippen LogP contribution in [0.2, 0.25) is 0 Å². The monoisotopic (exact) mass is 472 g/mol. The van der Waals surface area contributed by atoms with E-state index < -0.39 is 0 Å². The van der Waals surface area contributed by atoms with E-state index >= 15 is 0 Å². The molecular formula is C28H32N4O3. The molecule has 2 amide bonds. The zero-order chi connectivity index (χ0) is 24.2. The molecule has 2 aromatic carbocycles. The molecule has 3 atom stereocenters. The second-order valence-corrected chi connectivity index (χ2v) is 9.26. The van der Waals surface area contributed by atoms with Gasteiger partial charge in [0, 0.05) is 49.2 Å². The van der Waals surface area contributed by atoms with Crippen molar-refractivity contribution >= 4 is 11.7 Å². The number of aliphatic hydroxyl groups excluding tert-OH is 1. The number of fused-ring (bicyclic) bond motifs is 1. The fourth-order valence-electron chi connectivity index (χ4n) is 5.43. The fraction of sp³-hybridized carbons (Fsp3) is 0.357. The number of pyridine rings is 1. The first-order chi connectivity index (χ1) is 17.2. The van der Waals surface area contributed by atoms with Gasteiger partial charge in [-0.15, -0.1) is 0 Å². The Morgan fingerprint density at radius 2 is 1.83 bits per heavy atom. The van der Waals surface area contributed by atoms with Gasteiger partial charge in [-0.05, 0) is 66.4 Å². The number of aliphatic hydroxyl groups is 1.